The van der Waals surface area contributed by atoms with E-state index in [9.17, 15) is 0 Å². The SMILES string of the molecule is Cc1ccc(-c2cc(CN(C)C3CCNCC3)on2)cc1.Cl. The third kappa shape index (κ3) is 4.09. The van der Waals surface area contributed by atoms with Crippen LogP contribution in [-0.2, 0) is 6.54 Å². The molecule has 0 unspecified atom stereocenters. The van der Waals surface area contributed by atoms with Crippen molar-refractivity contribution in [1.29, 1.82) is 0 Å². The van der Waals surface area contributed by atoms with Gasteiger partial charge in [-0.05, 0) is 39.9 Å². The van der Waals surface area contributed by atoms with Gasteiger partial charge in [0.05, 0.1) is 6.54 Å². The Labute approximate surface area is 138 Å². The molecule has 2 aromatic rings. The highest BCUT2D eigenvalue weighted by molar-refractivity contribution is 5.85. The largest absolute Gasteiger partial charge is 0.359 e. The summed E-state index contributed by atoms with van der Waals surface area (Å²) in [6, 6.07) is 11.1. The number of piperidine rings is 1. The number of halogens is 1. The summed E-state index contributed by atoms with van der Waals surface area (Å²) >= 11 is 0. The highest BCUT2D eigenvalue weighted by Crippen LogP contribution is 2.21. The Bertz CT molecular complexity index is 576. The van der Waals surface area contributed by atoms with E-state index in [2.05, 4.69) is 59.7 Å². The molecule has 1 fully saturated rings. The van der Waals surface area contributed by atoms with E-state index >= 15 is 0 Å². The molecule has 3 rings (SSSR count). The van der Waals surface area contributed by atoms with Gasteiger partial charge in [0.25, 0.3) is 0 Å². The van der Waals surface area contributed by atoms with Gasteiger partial charge in [-0.25, -0.2) is 0 Å². The van der Waals surface area contributed by atoms with E-state index in [1.165, 1.54) is 18.4 Å². The van der Waals surface area contributed by atoms with Crippen LogP contribution in [0.3, 0.4) is 0 Å². The summed E-state index contributed by atoms with van der Waals surface area (Å²) in [5.74, 6) is 0.937. The smallest absolute Gasteiger partial charge is 0.151 e. The van der Waals surface area contributed by atoms with Crippen molar-refractivity contribution >= 4 is 12.4 Å². The van der Waals surface area contributed by atoms with Crippen LogP contribution < -0.4 is 5.32 Å². The Morgan fingerprint density at radius 1 is 1.23 bits per heavy atom. The lowest BCUT2D eigenvalue weighted by Crippen LogP contribution is -2.40. The molecular weight excluding hydrogens is 298 g/mol. The second kappa shape index (κ2) is 7.77. The molecule has 0 amide bonds. The number of nitrogens with zero attached hydrogens (tertiary/aromatic N) is 2. The van der Waals surface area contributed by atoms with E-state index in [1.807, 2.05) is 0 Å². The van der Waals surface area contributed by atoms with Crippen molar-refractivity contribution in [3.05, 3.63) is 41.7 Å². The molecule has 1 aromatic heterocycles. The summed E-state index contributed by atoms with van der Waals surface area (Å²) in [4.78, 5) is 2.38. The molecule has 120 valence electrons. The summed E-state index contributed by atoms with van der Waals surface area (Å²) in [5.41, 5.74) is 3.29. The third-order valence-corrected chi connectivity index (χ3v) is 4.24. The van der Waals surface area contributed by atoms with Crippen LogP contribution in [0.5, 0.6) is 0 Å². The van der Waals surface area contributed by atoms with Crippen molar-refractivity contribution in [3.8, 4) is 11.3 Å². The van der Waals surface area contributed by atoms with E-state index in [4.69, 9.17) is 4.52 Å². The Balaban J connectivity index is 0.00000176. The van der Waals surface area contributed by atoms with E-state index in [0.29, 0.717) is 6.04 Å². The van der Waals surface area contributed by atoms with E-state index in [1.54, 1.807) is 0 Å². The molecule has 2 heterocycles. The number of hydrogen-bond acceptors (Lipinski definition) is 4. The maximum atomic E-state index is 5.50. The van der Waals surface area contributed by atoms with Crippen molar-refractivity contribution in [2.45, 2.75) is 32.4 Å². The molecule has 0 spiro atoms. The van der Waals surface area contributed by atoms with Crippen LogP contribution in [0.1, 0.15) is 24.2 Å². The summed E-state index contributed by atoms with van der Waals surface area (Å²) in [5, 5.41) is 7.60. The van der Waals surface area contributed by atoms with Crippen LogP contribution in [0.4, 0.5) is 0 Å². The lowest BCUT2D eigenvalue weighted by molar-refractivity contribution is 0.174. The van der Waals surface area contributed by atoms with Gasteiger partial charge in [0, 0.05) is 17.7 Å². The Kier molecular flexibility index (Phi) is 6.00. The van der Waals surface area contributed by atoms with Crippen molar-refractivity contribution in [1.82, 2.24) is 15.4 Å². The highest BCUT2D eigenvalue weighted by Gasteiger charge is 2.19. The summed E-state index contributed by atoms with van der Waals surface area (Å²) < 4.78 is 5.50. The Morgan fingerprint density at radius 2 is 1.91 bits per heavy atom. The van der Waals surface area contributed by atoms with Gasteiger partial charge in [0.2, 0.25) is 0 Å². The van der Waals surface area contributed by atoms with Crippen LogP contribution in [-0.4, -0.2) is 36.2 Å². The molecule has 1 saturated heterocycles. The van der Waals surface area contributed by atoms with Crippen molar-refractivity contribution in [2.75, 3.05) is 20.1 Å². The van der Waals surface area contributed by atoms with Gasteiger partial charge in [-0.15, -0.1) is 12.4 Å². The van der Waals surface area contributed by atoms with Crippen LogP contribution in [0.25, 0.3) is 11.3 Å². The predicted molar refractivity (Wildman–Crippen MR) is 91.3 cm³/mol. The minimum absolute atomic E-state index is 0. The van der Waals surface area contributed by atoms with Gasteiger partial charge in [-0.1, -0.05) is 35.0 Å². The fraction of sp³-hybridized carbons (Fsp3) is 0.471. The quantitative estimate of drug-likeness (QED) is 0.938. The molecule has 1 N–H and O–H groups in total. The van der Waals surface area contributed by atoms with E-state index < -0.39 is 0 Å². The maximum Gasteiger partial charge on any atom is 0.151 e. The van der Waals surface area contributed by atoms with Gasteiger partial charge < -0.3 is 9.84 Å². The van der Waals surface area contributed by atoms with Crippen LogP contribution in [0.15, 0.2) is 34.9 Å². The van der Waals surface area contributed by atoms with Crippen LogP contribution >= 0.6 is 12.4 Å². The molecular formula is C17H24ClN3O. The van der Waals surface area contributed by atoms with Crippen LogP contribution in [0, 0.1) is 6.92 Å². The minimum Gasteiger partial charge on any atom is -0.359 e. The Hall–Kier alpha value is -1.36. The average molecular weight is 322 g/mol. The van der Waals surface area contributed by atoms with E-state index in [-0.39, 0.29) is 12.4 Å². The van der Waals surface area contributed by atoms with Gasteiger partial charge in [-0.3, -0.25) is 4.90 Å². The molecule has 4 nitrogen and oxygen atoms in total. The predicted octanol–water partition coefficient (Wildman–Crippen LogP) is 3.26. The van der Waals surface area contributed by atoms with Gasteiger partial charge >= 0.3 is 0 Å². The summed E-state index contributed by atoms with van der Waals surface area (Å²) in [6.45, 7) is 5.13. The normalized spacial score (nSPS) is 15.8. The molecule has 0 atom stereocenters. The van der Waals surface area contributed by atoms with Gasteiger partial charge in [0.1, 0.15) is 5.69 Å². The Morgan fingerprint density at radius 3 is 2.59 bits per heavy atom. The third-order valence-electron chi connectivity index (χ3n) is 4.24. The van der Waals surface area contributed by atoms with Gasteiger partial charge in [-0.2, -0.15) is 0 Å². The molecule has 1 aromatic carbocycles. The second-order valence-electron chi connectivity index (χ2n) is 5.94. The fourth-order valence-corrected chi connectivity index (χ4v) is 2.87. The molecule has 0 bridgehead atoms. The summed E-state index contributed by atoms with van der Waals surface area (Å²) in [7, 11) is 2.17. The number of hydrogen-bond donors (Lipinski definition) is 1. The standard InChI is InChI=1S/C17H23N3O.ClH/c1-13-3-5-14(6-4-13)17-11-16(21-19-17)12-20(2)15-7-9-18-10-8-15;/h3-6,11,15,18H,7-10,12H2,1-2H3;1H. The maximum absolute atomic E-state index is 5.50. The van der Waals surface area contributed by atoms with E-state index in [0.717, 1.165) is 36.7 Å². The second-order valence-corrected chi connectivity index (χ2v) is 5.94. The average Bonchev–Trinajstić information content (AvgIpc) is 2.97. The number of aromatic nitrogens is 1. The first kappa shape index (κ1) is 17.0. The first-order valence-electron chi connectivity index (χ1n) is 7.66. The molecule has 1 aliphatic heterocycles. The number of aryl methyl sites for hydroxylation is 1. The zero-order valence-corrected chi connectivity index (χ0v) is 14.0. The first-order chi connectivity index (χ1) is 10.2. The molecule has 22 heavy (non-hydrogen) atoms. The molecule has 0 saturated carbocycles. The zero-order valence-electron chi connectivity index (χ0n) is 13.2. The number of rotatable bonds is 4. The minimum atomic E-state index is 0. The fourth-order valence-electron chi connectivity index (χ4n) is 2.87. The topological polar surface area (TPSA) is 41.3 Å². The van der Waals surface area contributed by atoms with Crippen molar-refractivity contribution in [3.63, 3.8) is 0 Å². The van der Waals surface area contributed by atoms with Gasteiger partial charge in [0.15, 0.2) is 5.76 Å². The molecule has 5 heteroatoms. The first-order valence-corrected chi connectivity index (χ1v) is 7.66. The summed E-state index contributed by atoms with van der Waals surface area (Å²) in [6.07, 6.45) is 2.41. The van der Waals surface area contributed by atoms with Crippen molar-refractivity contribution < 1.29 is 4.52 Å². The lowest BCUT2D eigenvalue weighted by atomic mass is 10.1. The zero-order chi connectivity index (χ0) is 14.7. The number of nitrogens with one attached hydrogen (secondary N) is 1. The highest BCUT2D eigenvalue weighted by atomic mass is 35.5. The molecule has 0 radical (unpaired) electrons. The lowest BCUT2D eigenvalue weighted by Gasteiger charge is -2.30. The van der Waals surface area contributed by atoms with Crippen LogP contribution in [0.2, 0.25) is 0 Å². The monoisotopic (exact) mass is 321 g/mol. The van der Waals surface area contributed by atoms with Crippen molar-refractivity contribution in [2.24, 2.45) is 0 Å². The molecule has 0 aliphatic carbocycles. The molecule has 1 aliphatic rings. The number of benzene rings is 1.